The number of fused-ring (bicyclic) bond motifs is 6. The number of rotatable bonds is 22. The maximum atomic E-state index is 4.93. The minimum atomic E-state index is -0.826. The molecule has 0 fully saturated rings. The molecule has 0 heterocycles. The number of hydrogen-bond acceptors (Lipinski definition) is 0. The Bertz CT molecular complexity index is 5160. The summed E-state index contributed by atoms with van der Waals surface area (Å²) in [7, 11) is 31.9. The number of unbranched alkanes of at least 4 members (excludes halogenated alkanes) is 4. The predicted octanol–water partition coefficient (Wildman–Crippen LogP) is 33.4. The maximum absolute atomic E-state index is 4.93. The summed E-state index contributed by atoms with van der Waals surface area (Å²) >= 11 is -2.48. The van der Waals surface area contributed by atoms with E-state index in [0.717, 1.165) is 28.6 Å². The second-order valence-corrected chi connectivity index (χ2v) is 59.8. The van der Waals surface area contributed by atoms with Crippen molar-refractivity contribution in [3.05, 3.63) is 337 Å². The Morgan fingerprint density at radius 3 is 0.586 bits per heavy atom. The molecule has 128 heavy (non-hydrogen) atoms. The van der Waals surface area contributed by atoms with E-state index in [1.807, 2.05) is 0 Å². The standard InChI is InChI=1S/2C22H18P.2C18H26P.2C12H14P.3C2H6Si.6ClH.3Zr/c2*1-17-15-18-9-8-14-22(21(18)16-17)23(19-10-4-2-5-11-19)20-12-6-3-7-13-20;2*1-4-6-11-19(12-7-5-2)18-10-8-9-16-13-15(3)14-17(16)18;2*1-9-7-10-5-4-6-12(13(2)3)11(10)8-9;3*1-3-2;;;;;;;;;/h2*2-16H,1H3;2*8-10,13-14H,4-7,11-12H2,1-3H3;2*4-8H,1-3H3;3*1-2H3;6*1H;;;/q6*-1;;;;;;;;;;3*+4/p-6. The average molecular weight is 2210 g/mol. The van der Waals surface area contributed by atoms with Gasteiger partial charge in [-0.1, -0.05) is 355 Å². The van der Waals surface area contributed by atoms with Crippen LogP contribution in [0.5, 0.6) is 0 Å². The van der Waals surface area contributed by atoms with Gasteiger partial charge in [-0.2, -0.15) is 36.4 Å². The topological polar surface area (TPSA) is 0 Å². The van der Waals surface area contributed by atoms with E-state index in [2.05, 4.69) is 438 Å². The Morgan fingerprint density at radius 1 is 0.242 bits per heavy atom. The van der Waals surface area contributed by atoms with Crippen LogP contribution in [0.3, 0.4) is 0 Å². The number of hydrogen-bond donors (Lipinski definition) is 0. The summed E-state index contributed by atoms with van der Waals surface area (Å²) < 4.78 is 0. The summed E-state index contributed by atoms with van der Waals surface area (Å²) in [5.41, 5.74) is 8.23. The summed E-state index contributed by atoms with van der Waals surface area (Å²) in [6.07, 6.45) is 16.5. The molecule has 0 N–H and O–H groups in total. The zero-order chi connectivity index (χ0) is 93.7. The third kappa shape index (κ3) is 39.2. The fourth-order valence-corrected chi connectivity index (χ4v) is 28.1. The van der Waals surface area contributed by atoms with Crippen LogP contribution in [-0.2, 0) is 62.5 Å². The Labute approximate surface area is 845 Å². The van der Waals surface area contributed by atoms with Gasteiger partial charge in [0.15, 0.2) is 0 Å². The van der Waals surface area contributed by atoms with Crippen molar-refractivity contribution in [3.63, 3.8) is 0 Å². The van der Waals surface area contributed by atoms with Crippen LogP contribution >= 0.6 is 98.6 Å². The van der Waals surface area contributed by atoms with E-state index in [1.54, 1.807) is 10.6 Å². The molecule has 6 radical (unpaired) electrons. The fourth-order valence-electron chi connectivity index (χ4n) is 15.2. The molecular formula is C110H134Cl6P6Si3Zr3. The van der Waals surface area contributed by atoms with Crippen LogP contribution in [0.15, 0.2) is 303 Å². The molecule has 0 spiro atoms. The van der Waals surface area contributed by atoms with E-state index in [1.165, 1.54) is 216 Å². The van der Waals surface area contributed by atoms with Crippen LogP contribution in [0.2, 0.25) is 39.3 Å². The normalized spacial score (nSPS) is 10.4. The molecule has 0 saturated heterocycles. The number of halogens is 6. The van der Waals surface area contributed by atoms with Gasteiger partial charge in [-0.05, 0) is 114 Å². The third-order valence-corrected chi connectivity index (χ3v) is 33.8. The SMILES string of the molecule is CCCCP(CCCC)c1cccc2[cH-]c(C)cc12.CCCCP(CCCC)c1cccc2[cH-]c(C)cc12.C[Si]C.C[Si]C.C[Si]C.Cc1cc2c(P(C)C)cccc2[cH-]1.Cc1cc2c(P(C)C)cccc2[cH-]1.Cc1cc2c(P(c3ccccc3)c3ccccc3)cccc2[cH-]1.Cc1cc2c(P(c3ccccc3)c3ccccc3)cccc2[cH-]1.[Cl][Zr+2][Cl].[Cl][Zr+2][Cl].[Cl][Zr+2][Cl]. The predicted molar refractivity (Wildman–Crippen MR) is 600 cm³/mol. The summed E-state index contributed by atoms with van der Waals surface area (Å²) in [5.74, 6) is 0. The monoisotopic (exact) mass is 2200 g/mol. The van der Waals surface area contributed by atoms with Crippen molar-refractivity contribution >= 4 is 245 Å². The molecule has 0 nitrogen and oxygen atoms in total. The van der Waals surface area contributed by atoms with Gasteiger partial charge in [0.05, 0.1) is 0 Å². The average Bonchev–Trinajstić information content (AvgIpc) is 0.932. The van der Waals surface area contributed by atoms with E-state index in [4.69, 9.17) is 51.1 Å². The second-order valence-electron chi connectivity index (χ2n) is 31.8. The fraction of sp³-hybridized carbons (Fsp3) is 0.291. The molecule has 16 aromatic carbocycles. The van der Waals surface area contributed by atoms with Gasteiger partial charge in [0.25, 0.3) is 0 Å². The van der Waals surface area contributed by atoms with Crippen LogP contribution in [0.1, 0.15) is 112 Å². The quantitative estimate of drug-likeness (QED) is 0.0360. The Morgan fingerprint density at radius 2 is 0.406 bits per heavy atom. The van der Waals surface area contributed by atoms with Crippen LogP contribution in [0.25, 0.3) is 64.6 Å². The number of aryl methyl sites for hydroxylation is 6. The molecule has 16 rings (SSSR count). The van der Waals surface area contributed by atoms with Crippen molar-refractivity contribution in [2.75, 3.05) is 51.3 Å². The molecule has 0 bridgehead atoms. The first-order valence-electron chi connectivity index (χ1n) is 44.3. The van der Waals surface area contributed by atoms with Gasteiger partial charge < -0.3 is 0 Å². The zero-order valence-corrected chi connectivity index (χ0v) is 99.6. The number of benzene rings is 10. The van der Waals surface area contributed by atoms with Gasteiger partial charge >= 0.3 is 114 Å². The molecule has 16 aromatic rings. The summed E-state index contributed by atoms with van der Waals surface area (Å²) in [4.78, 5) is 0. The third-order valence-electron chi connectivity index (χ3n) is 20.5. The Kier molecular flexibility index (Phi) is 61.3. The van der Waals surface area contributed by atoms with Crippen molar-refractivity contribution in [1.29, 1.82) is 0 Å². The molecular weight excluding hydrogens is 2080 g/mol. The van der Waals surface area contributed by atoms with E-state index >= 15 is 0 Å². The van der Waals surface area contributed by atoms with Gasteiger partial charge in [0, 0.05) is 28.6 Å². The van der Waals surface area contributed by atoms with Crippen LogP contribution in [0.4, 0.5) is 0 Å². The first kappa shape index (κ1) is 116. The molecule has 0 aliphatic carbocycles. The molecule has 670 valence electrons. The molecule has 0 unspecified atom stereocenters. The second kappa shape index (κ2) is 67.7. The van der Waals surface area contributed by atoms with Gasteiger partial charge in [-0.15, -0.1) is 207 Å². The summed E-state index contributed by atoms with van der Waals surface area (Å²) in [5, 5.41) is 32.0. The summed E-state index contributed by atoms with van der Waals surface area (Å²) in [6, 6.07) is 112. The van der Waals surface area contributed by atoms with Crippen molar-refractivity contribution in [3.8, 4) is 0 Å². The molecule has 0 aromatic heterocycles. The van der Waals surface area contributed by atoms with Crippen molar-refractivity contribution in [1.82, 2.24) is 0 Å². The molecule has 0 atom stereocenters. The van der Waals surface area contributed by atoms with Crippen LogP contribution in [0, 0.1) is 41.5 Å². The van der Waals surface area contributed by atoms with E-state index < -0.39 is 78.4 Å². The zero-order valence-electron chi connectivity index (χ0n) is 79.3. The van der Waals surface area contributed by atoms with Gasteiger partial charge in [0.2, 0.25) is 0 Å². The van der Waals surface area contributed by atoms with Gasteiger partial charge in [0.1, 0.15) is 0 Å². The summed E-state index contributed by atoms with van der Waals surface area (Å²) in [6.45, 7) is 44.5. The van der Waals surface area contributed by atoms with Gasteiger partial charge in [-0.25, -0.2) is 0 Å². The van der Waals surface area contributed by atoms with E-state index in [-0.39, 0.29) is 31.7 Å². The van der Waals surface area contributed by atoms with Gasteiger partial charge in [-0.3, -0.25) is 0 Å². The van der Waals surface area contributed by atoms with Crippen LogP contribution < -0.4 is 53.0 Å². The Hall–Kier alpha value is -2.52. The van der Waals surface area contributed by atoms with E-state index in [0.29, 0.717) is 0 Å². The van der Waals surface area contributed by atoms with Crippen molar-refractivity contribution in [2.45, 2.75) is 160 Å². The molecule has 0 saturated carbocycles. The van der Waals surface area contributed by atoms with Crippen molar-refractivity contribution in [2.24, 2.45) is 0 Å². The molecule has 0 aliphatic rings. The molecule has 18 heteroatoms. The van der Waals surface area contributed by atoms with E-state index in [9.17, 15) is 0 Å². The molecule has 0 amide bonds. The molecule has 0 aliphatic heterocycles. The first-order valence-corrected chi connectivity index (χ1v) is 79.9. The van der Waals surface area contributed by atoms with Crippen molar-refractivity contribution < 1.29 is 62.5 Å². The first-order chi connectivity index (χ1) is 62.0. The van der Waals surface area contributed by atoms with Crippen LogP contribution in [-0.4, -0.2) is 79.9 Å². The minimum absolute atomic E-state index is 0.0180. The Balaban J connectivity index is 0.000000264.